The normalized spacial score (nSPS) is 12.4. The van der Waals surface area contributed by atoms with Gasteiger partial charge in [0.05, 0.1) is 5.75 Å². The topological polar surface area (TPSA) is 57.6 Å². The predicted molar refractivity (Wildman–Crippen MR) is 42.9 cm³/mol. The van der Waals surface area contributed by atoms with Crippen LogP contribution in [0.3, 0.4) is 0 Å². The van der Waals surface area contributed by atoms with Crippen LogP contribution < -0.4 is 0 Å². The van der Waals surface area contributed by atoms with Gasteiger partial charge in [-0.05, 0) is 6.42 Å². The van der Waals surface area contributed by atoms with Crippen molar-refractivity contribution in [2.75, 3.05) is 12.8 Å². The predicted octanol–water partition coefficient (Wildman–Crippen LogP) is 0.827. The summed E-state index contributed by atoms with van der Waals surface area (Å²) in [5, 5.41) is 8.62. The summed E-state index contributed by atoms with van der Waals surface area (Å²) in [5.41, 5.74) is 0. The van der Waals surface area contributed by atoms with Gasteiger partial charge in [0.2, 0.25) is 10.0 Å². The Labute approximate surface area is 67.8 Å². The van der Waals surface area contributed by atoms with Crippen LogP contribution in [0, 0.1) is 0 Å². The lowest BCUT2D eigenvalue weighted by atomic mass is 10.3. The second kappa shape index (κ2) is 4.69. The van der Waals surface area contributed by atoms with Crippen molar-refractivity contribution >= 4 is 10.0 Å². The molecule has 0 unspecified atom stereocenters. The zero-order chi connectivity index (χ0) is 8.91. The minimum Gasteiger partial charge on any atom is -0.300 e. The standard InChI is InChI=1S/C6H15NO3S/c1-3-4-5-6-11(9,10)7(2)8/h8H,3-6H2,1-2H3. The lowest BCUT2D eigenvalue weighted by Crippen LogP contribution is -2.25. The molecule has 0 saturated heterocycles. The van der Waals surface area contributed by atoms with Gasteiger partial charge in [-0.3, -0.25) is 5.21 Å². The fourth-order valence-electron chi connectivity index (χ4n) is 0.667. The molecule has 0 rings (SSSR count). The molecule has 0 radical (unpaired) electrons. The van der Waals surface area contributed by atoms with E-state index < -0.39 is 10.0 Å². The van der Waals surface area contributed by atoms with Crippen molar-refractivity contribution < 1.29 is 13.6 Å². The summed E-state index contributed by atoms with van der Waals surface area (Å²) in [4.78, 5) is 0. The van der Waals surface area contributed by atoms with Crippen molar-refractivity contribution in [2.24, 2.45) is 0 Å². The van der Waals surface area contributed by atoms with Crippen molar-refractivity contribution in [3.8, 4) is 0 Å². The molecule has 0 spiro atoms. The monoisotopic (exact) mass is 181 g/mol. The maximum atomic E-state index is 10.9. The summed E-state index contributed by atoms with van der Waals surface area (Å²) in [6, 6.07) is 0. The average molecular weight is 181 g/mol. The summed E-state index contributed by atoms with van der Waals surface area (Å²) < 4.78 is 22.0. The highest BCUT2D eigenvalue weighted by atomic mass is 32.2. The summed E-state index contributed by atoms with van der Waals surface area (Å²) in [5.74, 6) is 0.0356. The van der Waals surface area contributed by atoms with Gasteiger partial charge in [-0.2, -0.15) is 0 Å². The third-order valence-corrected chi connectivity index (χ3v) is 3.02. The molecule has 0 aliphatic heterocycles. The number of nitrogens with zero attached hydrogens (tertiary/aromatic N) is 1. The fraction of sp³-hybridized carbons (Fsp3) is 1.00. The molecule has 0 bridgehead atoms. The highest BCUT2D eigenvalue weighted by Gasteiger charge is 2.13. The van der Waals surface area contributed by atoms with Gasteiger partial charge in [-0.1, -0.05) is 24.2 Å². The van der Waals surface area contributed by atoms with Gasteiger partial charge in [0, 0.05) is 7.05 Å². The largest absolute Gasteiger partial charge is 0.300 e. The SMILES string of the molecule is CCCCCS(=O)(=O)N(C)O. The van der Waals surface area contributed by atoms with E-state index >= 15 is 0 Å². The van der Waals surface area contributed by atoms with Gasteiger partial charge in [0.1, 0.15) is 0 Å². The fourth-order valence-corrected chi connectivity index (χ4v) is 1.50. The van der Waals surface area contributed by atoms with Crippen molar-refractivity contribution in [2.45, 2.75) is 26.2 Å². The lowest BCUT2D eigenvalue weighted by molar-refractivity contribution is 0.0310. The van der Waals surface area contributed by atoms with E-state index in [0.29, 0.717) is 6.42 Å². The van der Waals surface area contributed by atoms with Crippen molar-refractivity contribution in [1.29, 1.82) is 0 Å². The van der Waals surface area contributed by atoms with E-state index in [4.69, 9.17) is 5.21 Å². The van der Waals surface area contributed by atoms with Gasteiger partial charge in [-0.25, -0.2) is 8.42 Å². The molecule has 0 saturated carbocycles. The summed E-state index contributed by atoms with van der Waals surface area (Å²) in [7, 11) is -2.26. The second-order valence-electron chi connectivity index (χ2n) is 2.46. The van der Waals surface area contributed by atoms with Gasteiger partial charge >= 0.3 is 0 Å². The third-order valence-electron chi connectivity index (χ3n) is 1.41. The van der Waals surface area contributed by atoms with Crippen LogP contribution in [0.15, 0.2) is 0 Å². The zero-order valence-corrected chi connectivity index (χ0v) is 7.76. The Balaban J connectivity index is 3.75. The van der Waals surface area contributed by atoms with Crippen molar-refractivity contribution in [3.63, 3.8) is 0 Å². The molecule has 0 fully saturated rings. The van der Waals surface area contributed by atoms with Crippen LogP contribution in [0.4, 0.5) is 0 Å². The van der Waals surface area contributed by atoms with Crippen molar-refractivity contribution in [3.05, 3.63) is 0 Å². The molecule has 0 aliphatic rings. The first kappa shape index (κ1) is 10.9. The molecule has 68 valence electrons. The first-order valence-electron chi connectivity index (χ1n) is 3.66. The Hall–Kier alpha value is -0.130. The quantitative estimate of drug-likeness (QED) is 0.505. The van der Waals surface area contributed by atoms with Crippen LogP contribution in [-0.2, 0) is 10.0 Å². The average Bonchev–Trinajstić information content (AvgIpc) is 1.88. The molecular weight excluding hydrogens is 166 g/mol. The summed E-state index contributed by atoms with van der Waals surface area (Å²) in [6.45, 7) is 2.00. The highest BCUT2D eigenvalue weighted by Crippen LogP contribution is 2.01. The molecule has 0 aromatic rings. The van der Waals surface area contributed by atoms with Crippen LogP contribution in [0.1, 0.15) is 26.2 Å². The number of sulfonamides is 1. The third kappa shape index (κ3) is 4.34. The van der Waals surface area contributed by atoms with Crippen LogP contribution >= 0.6 is 0 Å². The number of unbranched alkanes of at least 4 members (excludes halogenated alkanes) is 2. The van der Waals surface area contributed by atoms with Crippen molar-refractivity contribution in [1.82, 2.24) is 4.47 Å². The van der Waals surface area contributed by atoms with Gasteiger partial charge in [0.15, 0.2) is 0 Å². The smallest absolute Gasteiger partial charge is 0.235 e. The van der Waals surface area contributed by atoms with E-state index in [0.717, 1.165) is 19.9 Å². The highest BCUT2D eigenvalue weighted by molar-refractivity contribution is 7.88. The molecule has 0 aliphatic carbocycles. The minimum atomic E-state index is -3.38. The molecule has 0 aromatic heterocycles. The molecule has 0 heterocycles. The maximum absolute atomic E-state index is 10.9. The maximum Gasteiger partial charge on any atom is 0.235 e. The van der Waals surface area contributed by atoms with Gasteiger partial charge in [-0.15, -0.1) is 0 Å². The van der Waals surface area contributed by atoms with Gasteiger partial charge in [0.25, 0.3) is 0 Å². The number of hydrogen-bond donors (Lipinski definition) is 1. The zero-order valence-electron chi connectivity index (χ0n) is 6.95. The van der Waals surface area contributed by atoms with E-state index in [-0.39, 0.29) is 10.2 Å². The van der Waals surface area contributed by atoms with Crippen LogP contribution in [-0.4, -0.2) is 30.9 Å². The molecule has 1 N–H and O–H groups in total. The Morgan fingerprint density at radius 2 is 1.91 bits per heavy atom. The van der Waals surface area contributed by atoms with Crippen LogP contribution in [0.5, 0.6) is 0 Å². The van der Waals surface area contributed by atoms with E-state index in [1.54, 1.807) is 0 Å². The lowest BCUT2D eigenvalue weighted by Gasteiger charge is -2.08. The molecule has 0 aromatic carbocycles. The van der Waals surface area contributed by atoms with E-state index in [2.05, 4.69) is 0 Å². The van der Waals surface area contributed by atoms with E-state index in [1.165, 1.54) is 0 Å². The Morgan fingerprint density at radius 1 is 1.36 bits per heavy atom. The number of hydrogen-bond acceptors (Lipinski definition) is 3. The second-order valence-corrected chi connectivity index (χ2v) is 4.56. The molecule has 5 heteroatoms. The Bertz CT molecular complexity index is 186. The minimum absolute atomic E-state index is 0.0356. The first-order chi connectivity index (χ1) is 5.00. The molecular formula is C6H15NO3S. The summed E-state index contributed by atoms with van der Waals surface area (Å²) >= 11 is 0. The van der Waals surface area contributed by atoms with E-state index in [1.807, 2.05) is 6.92 Å². The molecule has 11 heavy (non-hydrogen) atoms. The summed E-state index contributed by atoms with van der Waals surface area (Å²) in [6.07, 6.45) is 2.47. The van der Waals surface area contributed by atoms with Crippen LogP contribution in [0.2, 0.25) is 0 Å². The van der Waals surface area contributed by atoms with Crippen LogP contribution in [0.25, 0.3) is 0 Å². The Morgan fingerprint density at radius 3 is 2.27 bits per heavy atom. The van der Waals surface area contributed by atoms with E-state index in [9.17, 15) is 8.42 Å². The molecule has 0 amide bonds. The Kier molecular flexibility index (Phi) is 4.63. The molecule has 4 nitrogen and oxygen atoms in total. The number of hydroxylamine groups is 1. The molecule has 0 atom stereocenters. The number of rotatable bonds is 5. The van der Waals surface area contributed by atoms with Gasteiger partial charge < -0.3 is 0 Å². The first-order valence-corrected chi connectivity index (χ1v) is 5.27.